The van der Waals surface area contributed by atoms with E-state index in [0.717, 1.165) is 23.5 Å². The topological polar surface area (TPSA) is 36.9 Å². The van der Waals surface area contributed by atoms with E-state index in [1.54, 1.807) is 0 Å². The lowest BCUT2D eigenvalue weighted by Gasteiger charge is -2.08. The van der Waals surface area contributed by atoms with Gasteiger partial charge in [0.15, 0.2) is 11.5 Å². The molecule has 0 aliphatic carbocycles. The van der Waals surface area contributed by atoms with E-state index in [2.05, 4.69) is 5.92 Å². The molecule has 3 rings (SSSR count). The minimum absolute atomic E-state index is 0.0106. The van der Waals surface area contributed by atoms with Crippen LogP contribution in [0.5, 0.6) is 11.5 Å². The van der Waals surface area contributed by atoms with Crippen LogP contribution >= 0.6 is 0 Å². The van der Waals surface area contributed by atoms with Crippen molar-refractivity contribution in [3.05, 3.63) is 23.8 Å². The van der Waals surface area contributed by atoms with Gasteiger partial charge in [-0.15, -0.1) is 6.42 Å². The molecule has 4 heteroatoms. The fourth-order valence-corrected chi connectivity index (χ4v) is 1.97. The van der Waals surface area contributed by atoms with E-state index in [4.69, 9.17) is 25.4 Å². The van der Waals surface area contributed by atoms with Gasteiger partial charge in [0.05, 0.1) is 12.7 Å². The van der Waals surface area contributed by atoms with Gasteiger partial charge in [-0.2, -0.15) is 0 Å². The molecule has 2 heterocycles. The molecule has 2 unspecified atom stereocenters. The van der Waals surface area contributed by atoms with Crippen molar-refractivity contribution in [1.29, 1.82) is 0 Å². The fourth-order valence-electron chi connectivity index (χ4n) is 1.97. The van der Waals surface area contributed by atoms with Crippen molar-refractivity contribution in [3.63, 3.8) is 0 Å². The maximum absolute atomic E-state index is 5.50. The highest BCUT2D eigenvalue weighted by molar-refractivity contribution is 5.44. The lowest BCUT2D eigenvalue weighted by Crippen LogP contribution is -2.14. The minimum Gasteiger partial charge on any atom is -0.454 e. The summed E-state index contributed by atoms with van der Waals surface area (Å²) in [4.78, 5) is 0. The maximum Gasteiger partial charge on any atom is 0.231 e. The molecule has 0 bridgehead atoms. The van der Waals surface area contributed by atoms with Gasteiger partial charge in [-0.1, -0.05) is 6.07 Å². The predicted octanol–water partition coefficient (Wildman–Crippen LogP) is 1.33. The fraction of sp³-hybridized carbons (Fsp3) is 0.385. The Balaban J connectivity index is 1.68. The van der Waals surface area contributed by atoms with E-state index >= 15 is 0 Å². The lowest BCUT2D eigenvalue weighted by atomic mass is 10.1. The van der Waals surface area contributed by atoms with Crippen molar-refractivity contribution in [2.75, 3.05) is 13.4 Å². The standard InChI is InChI=1S/C13H12O4/c1-2-13-14-7-10(17-13)5-9-3-4-11-12(6-9)16-8-15-11/h1,3-4,6,10,13H,5,7-8H2. The van der Waals surface area contributed by atoms with Crippen LogP contribution in [-0.4, -0.2) is 25.8 Å². The summed E-state index contributed by atoms with van der Waals surface area (Å²) in [6.07, 6.45) is 5.49. The molecule has 2 aliphatic heterocycles. The average molecular weight is 232 g/mol. The molecular weight excluding hydrogens is 220 g/mol. The molecule has 88 valence electrons. The quantitative estimate of drug-likeness (QED) is 0.721. The zero-order valence-corrected chi connectivity index (χ0v) is 9.22. The van der Waals surface area contributed by atoms with Crippen molar-refractivity contribution < 1.29 is 18.9 Å². The van der Waals surface area contributed by atoms with E-state index in [1.807, 2.05) is 18.2 Å². The SMILES string of the molecule is C#CC1OCC(Cc2ccc3c(c2)OCO3)O1. The summed E-state index contributed by atoms with van der Waals surface area (Å²) in [7, 11) is 0. The number of rotatable bonds is 2. The molecule has 1 fully saturated rings. The predicted molar refractivity (Wildman–Crippen MR) is 59.7 cm³/mol. The second-order valence-electron chi connectivity index (χ2n) is 3.98. The average Bonchev–Trinajstić information content (AvgIpc) is 2.96. The van der Waals surface area contributed by atoms with Gasteiger partial charge < -0.3 is 18.9 Å². The number of hydrogen-bond donors (Lipinski definition) is 0. The summed E-state index contributed by atoms with van der Waals surface area (Å²) in [6.45, 7) is 0.824. The summed E-state index contributed by atoms with van der Waals surface area (Å²) in [6, 6.07) is 5.88. The van der Waals surface area contributed by atoms with E-state index in [1.165, 1.54) is 0 Å². The zero-order chi connectivity index (χ0) is 11.7. The summed E-state index contributed by atoms with van der Waals surface area (Å²) in [5.41, 5.74) is 1.13. The van der Waals surface area contributed by atoms with Crippen molar-refractivity contribution >= 4 is 0 Å². The van der Waals surface area contributed by atoms with Gasteiger partial charge in [-0.3, -0.25) is 0 Å². The summed E-state index contributed by atoms with van der Waals surface area (Å²) < 4.78 is 21.3. The molecule has 0 saturated carbocycles. The van der Waals surface area contributed by atoms with Crippen LogP contribution in [0.4, 0.5) is 0 Å². The molecule has 1 aromatic rings. The number of hydrogen-bond acceptors (Lipinski definition) is 4. The summed E-state index contributed by atoms with van der Waals surface area (Å²) in [5, 5.41) is 0. The Bertz CT molecular complexity index is 463. The number of terminal acetylenes is 1. The molecule has 0 spiro atoms. The molecule has 1 saturated heterocycles. The van der Waals surface area contributed by atoms with Crippen LogP contribution in [0.3, 0.4) is 0 Å². The van der Waals surface area contributed by atoms with Crippen molar-refractivity contribution in [1.82, 2.24) is 0 Å². The van der Waals surface area contributed by atoms with Gasteiger partial charge in [0.2, 0.25) is 13.1 Å². The normalized spacial score (nSPS) is 25.8. The lowest BCUT2D eigenvalue weighted by molar-refractivity contribution is -0.0116. The highest BCUT2D eigenvalue weighted by Gasteiger charge is 2.25. The smallest absolute Gasteiger partial charge is 0.231 e. The molecule has 4 nitrogen and oxygen atoms in total. The highest BCUT2D eigenvalue weighted by atomic mass is 16.7. The Morgan fingerprint density at radius 1 is 1.29 bits per heavy atom. The molecular formula is C13H12O4. The highest BCUT2D eigenvalue weighted by Crippen LogP contribution is 2.33. The Hall–Kier alpha value is -1.70. The van der Waals surface area contributed by atoms with Gasteiger partial charge in [-0.05, 0) is 23.6 Å². The summed E-state index contributed by atoms with van der Waals surface area (Å²) >= 11 is 0. The Morgan fingerprint density at radius 3 is 3.00 bits per heavy atom. The van der Waals surface area contributed by atoms with Gasteiger partial charge in [0.25, 0.3) is 0 Å². The van der Waals surface area contributed by atoms with Crippen LogP contribution in [0.15, 0.2) is 18.2 Å². The second kappa shape index (κ2) is 4.28. The Kier molecular flexibility index (Phi) is 2.63. The first-order valence-corrected chi connectivity index (χ1v) is 5.47. The monoisotopic (exact) mass is 232 g/mol. The molecule has 2 atom stereocenters. The van der Waals surface area contributed by atoms with Crippen molar-refractivity contribution in [2.24, 2.45) is 0 Å². The first-order chi connectivity index (χ1) is 8.35. The van der Waals surface area contributed by atoms with E-state index in [0.29, 0.717) is 13.4 Å². The van der Waals surface area contributed by atoms with Crippen molar-refractivity contribution in [3.8, 4) is 23.8 Å². The first-order valence-electron chi connectivity index (χ1n) is 5.47. The molecule has 0 N–H and O–H groups in total. The molecule has 17 heavy (non-hydrogen) atoms. The molecule has 0 aromatic heterocycles. The molecule has 1 aromatic carbocycles. The molecule has 2 aliphatic rings. The number of fused-ring (bicyclic) bond motifs is 1. The number of ether oxygens (including phenoxy) is 4. The van der Waals surface area contributed by atoms with Crippen LogP contribution in [-0.2, 0) is 15.9 Å². The molecule has 0 radical (unpaired) electrons. The van der Waals surface area contributed by atoms with Crippen LogP contribution in [0.1, 0.15) is 5.56 Å². The van der Waals surface area contributed by atoms with E-state index in [-0.39, 0.29) is 6.10 Å². The van der Waals surface area contributed by atoms with Gasteiger partial charge >= 0.3 is 0 Å². The minimum atomic E-state index is -0.506. The third-order valence-corrected chi connectivity index (χ3v) is 2.79. The van der Waals surface area contributed by atoms with Crippen LogP contribution < -0.4 is 9.47 Å². The van der Waals surface area contributed by atoms with Gasteiger partial charge in [0, 0.05) is 6.42 Å². The van der Waals surface area contributed by atoms with Gasteiger partial charge in [-0.25, -0.2) is 0 Å². The molecule has 0 amide bonds. The third kappa shape index (κ3) is 2.07. The zero-order valence-electron chi connectivity index (χ0n) is 9.22. The van der Waals surface area contributed by atoms with Crippen LogP contribution in [0.2, 0.25) is 0 Å². The van der Waals surface area contributed by atoms with Crippen LogP contribution in [0.25, 0.3) is 0 Å². The third-order valence-electron chi connectivity index (χ3n) is 2.79. The van der Waals surface area contributed by atoms with Crippen molar-refractivity contribution in [2.45, 2.75) is 18.8 Å². The van der Waals surface area contributed by atoms with E-state index in [9.17, 15) is 0 Å². The van der Waals surface area contributed by atoms with Crippen LogP contribution in [0, 0.1) is 12.3 Å². The Labute approximate surface area is 99.4 Å². The second-order valence-corrected chi connectivity index (χ2v) is 3.98. The maximum atomic E-state index is 5.50. The summed E-state index contributed by atoms with van der Waals surface area (Å²) in [5.74, 6) is 4.01. The first kappa shape index (κ1) is 10.5. The van der Waals surface area contributed by atoms with E-state index < -0.39 is 6.29 Å². The number of benzene rings is 1. The van der Waals surface area contributed by atoms with Gasteiger partial charge in [0.1, 0.15) is 0 Å². The Morgan fingerprint density at radius 2 is 2.18 bits per heavy atom. The largest absolute Gasteiger partial charge is 0.454 e.